The van der Waals surface area contributed by atoms with Crippen LogP contribution >= 0.6 is 11.3 Å². The van der Waals surface area contributed by atoms with Crippen LogP contribution in [-0.2, 0) is 0 Å². The Morgan fingerprint density at radius 2 is 0.918 bits per heavy atom. The van der Waals surface area contributed by atoms with Gasteiger partial charge in [0.2, 0.25) is 0 Å². The number of rotatable bonds is 6. The molecule has 0 atom stereocenters. The summed E-state index contributed by atoms with van der Waals surface area (Å²) in [5, 5.41) is -0.0368. The van der Waals surface area contributed by atoms with Crippen LogP contribution in [0.2, 0.25) is 0 Å². The average Bonchev–Trinajstić information content (AvgIpc) is 3.69. The molecule has 3 nitrogen and oxygen atoms in total. The van der Waals surface area contributed by atoms with Gasteiger partial charge in [-0.15, -0.1) is 11.3 Å². The highest BCUT2D eigenvalue weighted by molar-refractivity contribution is 7.25. The molecule has 2 heterocycles. The van der Waals surface area contributed by atoms with E-state index < -0.39 is 54.4 Å². The van der Waals surface area contributed by atoms with Crippen molar-refractivity contribution in [2.24, 2.45) is 0 Å². The monoisotopic (exact) mass is 654 g/mol. The molecule has 9 aromatic rings. The van der Waals surface area contributed by atoms with E-state index in [4.69, 9.17) is 24.5 Å². The molecule has 0 unspecified atom stereocenters. The van der Waals surface area contributed by atoms with Crippen molar-refractivity contribution in [3.8, 4) is 67.5 Å². The molecule has 0 fully saturated rings. The molecule has 0 aliphatic heterocycles. The third-order valence-electron chi connectivity index (χ3n) is 8.16. The summed E-state index contributed by atoms with van der Waals surface area (Å²) in [6, 6.07) is 29.2. The van der Waals surface area contributed by atoms with Gasteiger partial charge in [0.05, 0.1) is 15.1 Å². The molecule has 2 aromatic heterocycles. The van der Waals surface area contributed by atoms with Gasteiger partial charge in [-0.2, -0.15) is 0 Å². The highest BCUT2D eigenvalue weighted by Crippen LogP contribution is 2.40. The minimum atomic E-state index is -0.583. The van der Waals surface area contributed by atoms with Gasteiger partial charge in [-0.3, -0.25) is 0 Å². The number of hydrogen-bond acceptors (Lipinski definition) is 4. The predicted octanol–water partition coefficient (Wildman–Crippen LogP) is 12.2. The molecule has 0 saturated carbocycles. The maximum Gasteiger partial charge on any atom is 0.164 e. The summed E-state index contributed by atoms with van der Waals surface area (Å²) in [6.45, 7) is 0. The molecule has 0 amide bonds. The summed E-state index contributed by atoms with van der Waals surface area (Å²) < 4.78 is 97.9. The Balaban J connectivity index is 1.28. The van der Waals surface area contributed by atoms with Crippen molar-refractivity contribution < 1.29 is 15.1 Å². The summed E-state index contributed by atoms with van der Waals surface area (Å²) in [6.07, 6.45) is 0. The Hall–Kier alpha value is -6.23. The number of aromatic nitrogens is 3. The van der Waals surface area contributed by atoms with E-state index in [-0.39, 0.29) is 66.4 Å². The lowest BCUT2D eigenvalue weighted by atomic mass is 9.98. The van der Waals surface area contributed by atoms with E-state index >= 15 is 0 Å². The molecule has 0 bridgehead atoms. The molecular weight excluding hydrogens is 615 g/mol. The zero-order valence-corrected chi connectivity index (χ0v) is 26.5. The van der Waals surface area contributed by atoms with Crippen molar-refractivity contribution in [1.29, 1.82) is 0 Å². The lowest BCUT2D eigenvalue weighted by molar-refractivity contribution is 1.07. The Bertz CT molecular complexity index is 3180. The number of thiophene rings is 1. The van der Waals surface area contributed by atoms with Crippen molar-refractivity contribution in [2.75, 3.05) is 0 Å². The van der Waals surface area contributed by atoms with E-state index in [1.165, 1.54) is 0 Å². The molecular formula is C45H29N3S. The third-order valence-corrected chi connectivity index (χ3v) is 9.18. The van der Waals surface area contributed by atoms with Gasteiger partial charge < -0.3 is 0 Å². The molecule has 0 radical (unpaired) electrons. The second-order valence-corrected chi connectivity index (χ2v) is 12.2. The fraction of sp³-hybridized carbons (Fsp3) is 0. The van der Waals surface area contributed by atoms with E-state index in [0.717, 1.165) is 33.6 Å². The lowest BCUT2D eigenvalue weighted by Crippen LogP contribution is -2.00. The van der Waals surface area contributed by atoms with Gasteiger partial charge >= 0.3 is 0 Å². The van der Waals surface area contributed by atoms with Crippen LogP contribution in [0, 0.1) is 0 Å². The Labute approximate surface area is 304 Å². The third kappa shape index (κ3) is 5.58. The summed E-state index contributed by atoms with van der Waals surface area (Å²) in [7, 11) is 0. The molecule has 7 aromatic carbocycles. The molecule has 9 rings (SSSR count). The first kappa shape index (κ1) is 19.6. The van der Waals surface area contributed by atoms with Crippen LogP contribution < -0.4 is 0 Å². The standard InChI is InChI=1S/C45H29N3S/c1-3-11-30(12-4-1)32-21-25-34(26-22-32)43-46-44(48-45(47-43)37-16-9-15-36(29-37)31-13-5-2-6-14-31)35-27-23-33(24-28-35)38-18-10-20-41-42(38)39-17-7-8-19-40(39)49-41/h1-29H/i7D,8D,10D,17D,18D,19D,20D,23D,24D,27D,28D. The minimum Gasteiger partial charge on any atom is -0.208 e. The first-order valence-corrected chi connectivity index (χ1v) is 16.3. The van der Waals surface area contributed by atoms with Gasteiger partial charge in [0.25, 0.3) is 0 Å². The Kier molecular flexibility index (Phi) is 4.96. The van der Waals surface area contributed by atoms with Gasteiger partial charge in [-0.25, -0.2) is 15.0 Å². The summed E-state index contributed by atoms with van der Waals surface area (Å²) in [5.74, 6) is 0.309. The van der Waals surface area contributed by atoms with Crippen molar-refractivity contribution in [1.82, 2.24) is 15.0 Å². The molecule has 0 spiro atoms. The van der Waals surface area contributed by atoms with Crippen LogP contribution in [-0.4, -0.2) is 15.0 Å². The van der Waals surface area contributed by atoms with Crippen molar-refractivity contribution >= 4 is 31.5 Å². The van der Waals surface area contributed by atoms with E-state index in [2.05, 4.69) is 0 Å². The van der Waals surface area contributed by atoms with Crippen LogP contribution in [0.3, 0.4) is 0 Å². The molecule has 4 heteroatoms. The average molecular weight is 655 g/mol. The lowest BCUT2D eigenvalue weighted by Gasteiger charge is -2.11. The second-order valence-electron chi connectivity index (χ2n) is 11.2. The Morgan fingerprint density at radius 1 is 0.388 bits per heavy atom. The molecule has 0 aliphatic carbocycles. The van der Waals surface area contributed by atoms with Gasteiger partial charge in [0, 0.05) is 36.9 Å². The van der Waals surface area contributed by atoms with Crippen LogP contribution in [0.5, 0.6) is 0 Å². The summed E-state index contributed by atoms with van der Waals surface area (Å²) in [5.41, 5.74) is 4.24. The first-order valence-electron chi connectivity index (χ1n) is 21.0. The highest BCUT2D eigenvalue weighted by atomic mass is 32.1. The number of nitrogens with zero attached hydrogens (tertiary/aromatic N) is 3. The Morgan fingerprint density at radius 3 is 1.65 bits per heavy atom. The normalized spacial score (nSPS) is 14.4. The number of fused-ring (bicyclic) bond motifs is 3. The molecule has 0 saturated heterocycles. The molecule has 230 valence electrons. The molecule has 49 heavy (non-hydrogen) atoms. The van der Waals surface area contributed by atoms with Crippen molar-refractivity contribution in [3.05, 3.63) is 176 Å². The van der Waals surface area contributed by atoms with E-state index in [1.54, 1.807) is 0 Å². The van der Waals surface area contributed by atoms with Gasteiger partial charge in [-0.05, 0) is 51.5 Å². The van der Waals surface area contributed by atoms with Crippen LogP contribution in [0.25, 0.3) is 87.7 Å². The van der Waals surface area contributed by atoms with Crippen LogP contribution in [0.15, 0.2) is 176 Å². The quantitative estimate of drug-likeness (QED) is 0.179. The largest absolute Gasteiger partial charge is 0.208 e. The number of benzene rings is 7. The van der Waals surface area contributed by atoms with E-state index in [0.29, 0.717) is 11.1 Å². The summed E-state index contributed by atoms with van der Waals surface area (Å²) in [4.78, 5) is 14.4. The number of hydrogen-bond donors (Lipinski definition) is 0. The van der Waals surface area contributed by atoms with Gasteiger partial charge in [0.15, 0.2) is 17.5 Å². The van der Waals surface area contributed by atoms with Crippen molar-refractivity contribution in [3.63, 3.8) is 0 Å². The fourth-order valence-electron chi connectivity index (χ4n) is 5.75. The van der Waals surface area contributed by atoms with E-state index in [1.807, 2.05) is 109 Å². The minimum absolute atomic E-state index is 0.0106. The van der Waals surface area contributed by atoms with Crippen molar-refractivity contribution in [2.45, 2.75) is 0 Å². The summed E-state index contributed by atoms with van der Waals surface area (Å²) >= 11 is 0.857. The van der Waals surface area contributed by atoms with E-state index in [9.17, 15) is 5.48 Å². The predicted molar refractivity (Wildman–Crippen MR) is 205 cm³/mol. The van der Waals surface area contributed by atoms with Gasteiger partial charge in [-0.1, -0.05) is 158 Å². The fourth-order valence-corrected chi connectivity index (χ4v) is 6.72. The second kappa shape index (κ2) is 12.4. The highest BCUT2D eigenvalue weighted by Gasteiger charge is 2.15. The zero-order chi connectivity index (χ0) is 42.1. The maximum atomic E-state index is 9.36. The van der Waals surface area contributed by atoms with Crippen LogP contribution in [0.1, 0.15) is 15.1 Å². The maximum absolute atomic E-state index is 9.36. The van der Waals surface area contributed by atoms with Crippen LogP contribution in [0.4, 0.5) is 0 Å². The SMILES string of the molecule is [2H]c1c([2H])c(-c2c([2H])c([2H])c([2H])c3sc4c([2H])c([2H])c([2H])c([2H])c4c23)c([2H])c([2H])c1-c1nc(-c2ccc(-c3ccccc3)cc2)nc(-c2cccc(-c3ccccc3)c2)n1. The van der Waals surface area contributed by atoms with Gasteiger partial charge in [0.1, 0.15) is 0 Å². The smallest absolute Gasteiger partial charge is 0.164 e. The molecule has 0 N–H and O–H groups in total. The topological polar surface area (TPSA) is 38.7 Å². The first-order chi connectivity index (χ1) is 28.8. The zero-order valence-electron chi connectivity index (χ0n) is 36.6. The molecule has 0 aliphatic rings.